The topological polar surface area (TPSA) is 119 Å². The third-order valence-electron chi connectivity index (χ3n) is 2.12. The molecule has 1 atom stereocenters. The Kier molecular flexibility index (Phi) is 5.23. The van der Waals surface area contributed by atoms with E-state index in [1.165, 1.54) is 0 Å². The first-order valence-corrected chi connectivity index (χ1v) is 6.43. The lowest BCUT2D eigenvalue weighted by molar-refractivity contribution is -0.120. The zero-order valence-corrected chi connectivity index (χ0v) is 10.3. The molecule has 0 bridgehead atoms. The lowest BCUT2D eigenvalue weighted by atomic mass is 10.2. The second-order valence-electron chi connectivity index (χ2n) is 3.53. The van der Waals surface area contributed by atoms with E-state index in [9.17, 15) is 13.2 Å². The van der Waals surface area contributed by atoms with E-state index in [2.05, 4.69) is 9.50 Å². The third-order valence-corrected chi connectivity index (χ3v) is 2.56. The highest BCUT2D eigenvalue weighted by Crippen LogP contribution is 1.99. The Morgan fingerprint density at radius 2 is 2.00 bits per heavy atom. The molecule has 1 rings (SSSR count). The van der Waals surface area contributed by atoms with Crippen LogP contribution in [0.1, 0.15) is 5.56 Å². The average molecular weight is 274 g/mol. The van der Waals surface area contributed by atoms with Gasteiger partial charge in [0.2, 0.25) is 5.91 Å². The Hall–Kier alpha value is -1.48. The van der Waals surface area contributed by atoms with E-state index in [-0.39, 0.29) is 0 Å². The summed E-state index contributed by atoms with van der Waals surface area (Å²) >= 11 is 0. The van der Waals surface area contributed by atoms with Crippen LogP contribution >= 0.6 is 0 Å². The van der Waals surface area contributed by atoms with Crippen LogP contribution < -0.4 is 11.1 Å². The van der Waals surface area contributed by atoms with Crippen molar-refractivity contribution in [2.45, 2.75) is 12.6 Å². The van der Waals surface area contributed by atoms with Gasteiger partial charge >= 0.3 is 10.4 Å². The van der Waals surface area contributed by atoms with Gasteiger partial charge in [0, 0.05) is 6.54 Å². The van der Waals surface area contributed by atoms with Gasteiger partial charge in [0.15, 0.2) is 0 Å². The molecule has 8 heteroatoms. The molecule has 1 aromatic carbocycles. The fraction of sp³-hybridized carbons (Fsp3) is 0.300. The molecule has 100 valence electrons. The smallest absolute Gasteiger partial charge is 0.368 e. The number of benzene rings is 1. The molecule has 18 heavy (non-hydrogen) atoms. The van der Waals surface area contributed by atoms with Crippen LogP contribution in [0.15, 0.2) is 30.3 Å². The third kappa shape index (κ3) is 5.73. The quantitative estimate of drug-likeness (QED) is 0.574. The molecule has 0 aliphatic heterocycles. The van der Waals surface area contributed by atoms with Gasteiger partial charge in [0.1, 0.15) is 6.04 Å². The number of amides is 1. The van der Waals surface area contributed by atoms with Crippen molar-refractivity contribution >= 4 is 16.3 Å². The second kappa shape index (κ2) is 6.45. The number of rotatable bonds is 7. The maximum absolute atomic E-state index is 11.0. The Morgan fingerprint density at radius 3 is 2.50 bits per heavy atom. The van der Waals surface area contributed by atoms with E-state index >= 15 is 0 Å². The van der Waals surface area contributed by atoms with Gasteiger partial charge in [-0.2, -0.15) is 8.42 Å². The Balaban J connectivity index is 2.51. The number of nitrogens with two attached hydrogens (primary N) is 1. The van der Waals surface area contributed by atoms with Crippen molar-refractivity contribution in [2.24, 2.45) is 5.73 Å². The highest BCUT2D eigenvalue weighted by atomic mass is 32.3. The second-order valence-corrected chi connectivity index (χ2v) is 4.62. The van der Waals surface area contributed by atoms with Crippen molar-refractivity contribution in [3.63, 3.8) is 0 Å². The summed E-state index contributed by atoms with van der Waals surface area (Å²) in [6.45, 7) is -0.232. The fourth-order valence-electron chi connectivity index (χ4n) is 1.23. The summed E-state index contributed by atoms with van der Waals surface area (Å²) in [4.78, 5) is 11.0. The van der Waals surface area contributed by atoms with Crippen LogP contribution in [0, 0.1) is 0 Å². The largest absolute Gasteiger partial charge is 0.397 e. The van der Waals surface area contributed by atoms with Gasteiger partial charge in [0.05, 0.1) is 6.61 Å². The average Bonchev–Trinajstić information content (AvgIpc) is 2.28. The van der Waals surface area contributed by atoms with E-state index in [0.29, 0.717) is 6.54 Å². The molecule has 0 heterocycles. The number of carbonyl (C=O) groups excluding carboxylic acids is 1. The molecule has 0 fully saturated rings. The molecule has 0 spiro atoms. The van der Waals surface area contributed by atoms with Crippen molar-refractivity contribution in [2.75, 3.05) is 6.61 Å². The van der Waals surface area contributed by atoms with Gasteiger partial charge in [-0.3, -0.25) is 14.7 Å². The minimum absolute atomic E-state index is 0.323. The Labute approximate surface area is 105 Å². The van der Waals surface area contributed by atoms with Crippen LogP contribution in [-0.4, -0.2) is 31.5 Å². The lowest BCUT2D eigenvalue weighted by Gasteiger charge is -2.14. The Morgan fingerprint density at radius 1 is 1.39 bits per heavy atom. The predicted octanol–water partition coefficient (Wildman–Crippen LogP) is -0.550. The van der Waals surface area contributed by atoms with Gasteiger partial charge < -0.3 is 5.73 Å². The molecule has 0 saturated heterocycles. The molecule has 0 aliphatic carbocycles. The monoisotopic (exact) mass is 274 g/mol. The molecular formula is C10H14N2O5S. The standard InChI is InChI=1S/C10H14N2O5S/c11-10(13)9(7-17-18(14,15)16)12-6-8-4-2-1-3-5-8/h1-5,9,12H,6-7H2,(H2,11,13)(H,14,15,16)/t9-/m0/s1. The SMILES string of the molecule is NC(=O)[C@H](COS(=O)(=O)O)NCc1ccccc1. The van der Waals surface area contributed by atoms with Gasteiger partial charge in [-0.15, -0.1) is 0 Å². The number of carbonyl (C=O) groups is 1. The first-order valence-electron chi connectivity index (χ1n) is 5.07. The van der Waals surface area contributed by atoms with Crippen LogP contribution in [0.3, 0.4) is 0 Å². The minimum atomic E-state index is -4.58. The first kappa shape index (κ1) is 14.6. The van der Waals surface area contributed by atoms with Gasteiger partial charge in [0.25, 0.3) is 0 Å². The molecule has 0 radical (unpaired) electrons. The normalized spacial score (nSPS) is 13.2. The molecule has 1 aromatic rings. The van der Waals surface area contributed by atoms with Crippen LogP contribution in [0.5, 0.6) is 0 Å². The van der Waals surface area contributed by atoms with E-state index in [1.54, 1.807) is 0 Å². The van der Waals surface area contributed by atoms with Crippen molar-refractivity contribution in [3.8, 4) is 0 Å². The molecule has 1 amide bonds. The summed E-state index contributed by atoms with van der Waals surface area (Å²) < 4.78 is 33.3. The lowest BCUT2D eigenvalue weighted by Crippen LogP contribution is -2.44. The zero-order chi connectivity index (χ0) is 13.6. The molecular weight excluding hydrogens is 260 g/mol. The summed E-state index contributed by atoms with van der Waals surface area (Å²) in [6.07, 6.45) is 0. The van der Waals surface area contributed by atoms with Gasteiger partial charge in [-0.25, -0.2) is 4.18 Å². The summed E-state index contributed by atoms with van der Waals surface area (Å²) in [7, 11) is -4.58. The molecule has 0 saturated carbocycles. The summed E-state index contributed by atoms with van der Waals surface area (Å²) in [5.41, 5.74) is 5.97. The molecule has 0 aliphatic rings. The van der Waals surface area contributed by atoms with E-state index in [1.807, 2.05) is 30.3 Å². The number of hydrogen-bond acceptors (Lipinski definition) is 5. The number of hydrogen-bond donors (Lipinski definition) is 3. The highest BCUT2D eigenvalue weighted by Gasteiger charge is 2.18. The van der Waals surface area contributed by atoms with E-state index in [4.69, 9.17) is 10.3 Å². The maximum Gasteiger partial charge on any atom is 0.397 e. The Bertz CT molecular complexity index is 488. The number of primary amides is 1. The highest BCUT2D eigenvalue weighted by molar-refractivity contribution is 7.80. The van der Waals surface area contributed by atoms with Gasteiger partial charge in [-0.05, 0) is 5.56 Å². The zero-order valence-electron chi connectivity index (χ0n) is 9.44. The first-order chi connectivity index (χ1) is 8.38. The van der Waals surface area contributed by atoms with Crippen LogP contribution in [0.2, 0.25) is 0 Å². The van der Waals surface area contributed by atoms with Crippen molar-refractivity contribution < 1.29 is 21.9 Å². The molecule has 0 aromatic heterocycles. The molecule has 4 N–H and O–H groups in total. The van der Waals surface area contributed by atoms with E-state index < -0.39 is 29.0 Å². The summed E-state index contributed by atoms with van der Waals surface area (Å²) in [5.74, 6) is -0.769. The van der Waals surface area contributed by atoms with Crippen molar-refractivity contribution in [3.05, 3.63) is 35.9 Å². The van der Waals surface area contributed by atoms with Crippen LogP contribution in [0.25, 0.3) is 0 Å². The minimum Gasteiger partial charge on any atom is -0.368 e. The predicted molar refractivity (Wildman–Crippen MR) is 63.8 cm³/mol. The number of nitrogens with one attached hydrogen (secondary N) is 1. The van der Waals surface area contributed by atoms with Gasteiger partial charge in [-0.1, -0.05) is 30.3 Å². The van der Waals surface area contributed by atoms with Crippen LogP contribution in [-0.2, 0) is 25.9 Å². The van der Waals surface area contributed by atoms with Crippen molar-refractivity contribution in [1.82, 2.24) is 5.32 Å². The maximum atomic E-state index is 11.0. The fourth-order valence-corrected chi connectivity index (χ4v) is 1.54. The molecule has 0 unspecified atom stereocenters. The summed E-state index contributed by atoms with van der Waals surface area (Å²) in [6, 6.07) is 8.14. The van der Waals surface area contributed by atoms with Crippen molar-refractivity contribution in [1.29, 1.82) is 0 Å². The summed E-state index contributed by atoms with van der Waals surface area (Å²) in [5, 5.41) is 2.73. The van der Waals surface area contributed by atoms with Crippen LogP contribution in [0.4, 0.5) is 0 Å². The molecule has 7 nitrogen and oxygen atoms in total. The van der Waals surface area contributed by atoms with E-state index in [0.717, 1.165) is 5.56 Å².